The highest BCUT2D eigenvalue weighted by Crippen LogP contribution is 2.37. The molecule has 0 unspecified atom stereocenters. The zero-order chi connectivity index (χ0) is 22.5. The van der Waals surface area contributed by atoms with Crippen LogP contribution in [0, 0.1) is 13.8 Å². The largest absolute Gasteiger partial charge is 0.465 e. The van der Waals surface area contributed by atoms with Crippen molar-refractivity contribution in [1.82, 2.24) is 0 Å². The lowest BCUT2D eigenvalue weighted by Gasteiger charge is -2.11. The third-order valence-electron chi connectivity index (χ3n) is 4.95. The monoisotopic (exact) mass is 419 g/mol. The van der Waals surface area contributed by atoms with Gasteiger partial charge in [0.1, 0.15) is 16.9 Å². The molecule has 0 radical (unpaired) electrons. The average molecular weight is 419 g/mol. The van der Waals surface area contributed by atoms with Gasteiger partial charge < -0.3 is 19.2 Å². The Balaban J connectivity index is 2.22. The quantitative estimate of drug-likeness (QED) is 0.511. The predicted molar refractivity (Wildman–Crippen MR) is 121 cm³/mol. The first-order chi connectivity index (χ1) is 14.9. The van der Waals surface area contributed by atoms with Gasteiger partial charge in [0.05, 0.1) is 14.2 Å². The summed E-state index contributed by atoms with van der Waals surface area (Å²) in [5, 5.41) is 3.18. The Kier molecular flexibility index (Phi) is 6.60. The van der Waals surface area contributed by atoms with Gasteiger partial charge in [-0.05, 0) is 49.1 Å². The van der Waals surface area contributed by atoms with Gasteiger partial charge in [0.2, 0.25) is 5.88 Å². The van der Waals surface area contributed by atoms with Gasteiger partial charge in [-0.25, -0.2) is 9.59 Å². The van der Waals surface area contributed by atoms with Crippen molar-refractivity contribution in [3.05, 3.63) is 82.1 Å². The number of aryl methyl sites for hydroxylation is 2. The normalized spacial score (nSPS) is 11.2. The highest BCUT2D eigenvalue weighted by Gasteiger charge is 2.32. The zero-order valence-electron chi connectivity index (χ0n) is 18.2. The Morgan fingerprint density at radius 1 is 0.871 bits per heavy atom. The summed E-state index contributed by atoms with van der Waals surface area (Å²) >= 11 is 0. The summed E-state index contributed by atoms with van der Waals surface area (Å²) in [4.78, 5) is 25.4. The second-order valence-electron chi connectivity index (χ2n) is 7.12. The molecule has 3 rings (SSSR count). The minimum Gasteiger partial charge on any atom is -0.465 e. The van der Waals surface area contributed by atoms with Crippen molar-refractivity contribution >= 4 is 35.2 Å². The van der Waals surface area contributed by atoms with Gasteiger partial charge >= 0.3 is 11.9 Å². The fraction of sp³-hybridized carbons (Fsp3) is 0.200. The highest BCUT2D eigenvalue weighted by atomic mass is 16.5. The smallest absolute Gasteiger partial charge is 0.344 e. The van der Waals surface area contributed by atoms with E-state index in [4.69, 9.17) is 13.9 Å². The molecule has 0 bridgehead atoms. The first kappa shape index (κ1) is 21.9. The van der Waals surface area contributed by atoms with E-state index >= 15 is 0 Å². The third-order valence-corrected chi connectivity index (χ3v) is 4.95. The Hall–Kier alpha value is -3.80. The van der Waals surface area contributed by atoms with E-state index in [0.717, 1.165) is 22.4 Å². The maximum Gasteiger partial charge on any atom is 0.344 e. The van der Waals surface area contributed by atoms with Gasteiger partial charge in [-0.1, -0.05) is 48.5 Å². The molecule has 0 fully saturated rings. The Bertz CT molecular complexity index is 1120. The van der Waals surface area contributed by atoms with E-state index in [2.05, 4.69) is 5.32 Å². The van der Waals surface area contributed by atoms with Crippen molar-refractivity contribution in [1.29, 1.82) is 0 Å². The minimum atomic E-state index is -0.698. The molecule has 0 atom stereocenters. The summed E-state index contributed by atoms with van der Waals surface area (Å²) in [6, 6.07) is 15.4. The molecule has 0 spiro atoms. The summed E-state index contributed by atoms with van der Waals surface area (Å²) < 4.78 is 16.0. The van der Waals surface area contributed by atoms with Crippen LogP contribution in [-0.2, 0) is 9.47 Å². The van der Waals surface area contributed by atoms with E-state index in [9.17, 15) is 9.59 Å². The lowest BCUT2D eigenvalue weighted by molar-refractivity contribution is 0.0557. The topological polar surface area (TPSA) is 77.8 Å². The number of carbonyl (C=O) groups is 2. The van der Waals surface area contributed by atoms with Crippen LogP contribution in [0.3, 0.4) is 0 Å². The van der Waals surface area contributed by atoms with E-state index in [0.29, 0.717) is 5.57 Å². The molecule has 0 amide bonds. The predicted octanol–water partition coefficient (Wildman–Crippen LogP) is 5.77. The second-order valence-corrected chi connectivity index (χ2v) is 7.12. The lowest BCUT2D eigenvalue weighted by atomic mass is 10.0. The van der Waals surface area contributed by atoms with Gasteiger partial charge in [-0.2, -0.15) is 0 Å². The van der Waals surface area contributed by atoms with Gasteiger partial charge in [0.15, 0.2) is 0 Å². The number of anilines is 2. The van der Waals surface area contributed by atoms with E-state index < -0.39 is 11.9 Å². The van der Waals surface area contributed by atoms with Crippen molar-refractivity contribution in [3.63, 3.8) is 0 Å². The van der Waals surface area contributed by atoms with Crippen LogP contribution in [0.15, 0.2) is 52.9 Å². The molecule has 0 aliphatic carbocycles. The fourth-order valence-electron chi connectivity index (χ4n) is 3.38. The van der Waals surface area contributed by atoms with Crippen LogP contribution < -0.4 is 5.32 Å². The summed E-state index contributed by atoms with van der Waals surface area (Å²) in [7, 11) is 2.51. The molecule has 3 aromatic rings. The molecule has 0 aliphatic rings. The van der Waals surface area contributed by atoms with Crippen LogP contribution in [0.5, 0.6) is 0 Å². The van der Waals surface area contributed by atoms with Crippen LogP contribution in [-0.4, -0.2) is 26.2 Å². The van der Waals surface area contributed by atoms with Crippen LogP contribution >= 0.6 is 0 Å². The lowest BCUT2D eigenvalue weighted by Crippen LogP contribution is -2.12. The van der Waals surface area contributed by atoms with Gasteiger partial charge in [0.25, 0.3) is 0 Å². The molecule has 0 saturated heterocycles. The third kappa shape index (κ3) is 4.53. The van der Waals surface area contributed by atoms with Gasteiger partial charge in [-0.15, -0.1) is 0 Å². The Labute approximate surface area is 181 Å². The van der Waals surface area contributed by atoms with Crippen LogP contribution in [0.25, 0.3) is 11.6 Å². The molecule has 1 heterocycles. The molecule has 2 aromatic carbocycles. The van der Waals surface area contributed by atoms with Crippen LogP contribution in [0.4, 0.5) is 11.6 Å². The fourth-order valence-corrected chi connectivity index (χ4v) is 3.38. The van der Waals surface area contributed by atoms with E-state index in [1.54, 1.807) is 0 Å². The molecular weight excluding hydrogens is 394 g/mol. The Morgan fingerprint density at radius 3 is 2.03 bits per heavy atom. The molecule has 1 aromatic heterocycles. The van der Waals surface area contributed by atoms with Crippen LogP contribution in [0.1, 0.15) is 50.1 Å². The molecule has 1 N–H and O–H groups in total. The maximum absolute atomic E-state index is 12.7. The molecular formula is C25H25NO5. The summed E-state index contributed by atoms with van der Waals surface area (Å²) in [6.45, 7) is 5.69. The van der Waals surface area contributed by atoms with Gasteiger partial charge in [0, 0.05) is 5.69 Å². The molecule has 160 valence electrons. The van der Waals surface area contributed by atoms with Crippen molar-refractivity contribution < 1.29 is 23.5 Å². The first-order valence-electron chi connectivity index (χ1n) is 9.77. The second kappa shape index (κ2) is 9.34. The summed E-state index contributed by atoms with van der Waals surface area (Å²) in [5.74, 6) is -1.02. The highest BCUT2D eigenvalue weighted by molar-refractivity contribution is 6.10. The standard InChI is InChI=1S/C25H25NO5/c1-15-10-9-11-16(2)21(15)26-23-20(25(28)30-5)19(24(27)29-4)22(31-23)17(3)14-18-12-7-6-8-13-18/h6-14,26H,1-5H3/b17-14+. The first-order valence-corrected chi connectivity index (χ1v) is 9.77. The zero-order valence-corrected chi connectivity index (χ0v) is 18.2. The molecule has 6 heteroatoms. The average Bonchev–Trinajstić information content (AvgIpc) is 3.15. The Morgan fingerprint density at radius 2 is 1.45 bits per heavy atom. The van der Waals surface area contributed by atoms with E-state index in [1.165, 1.54) is 14.2 Å². The molecule has 31 heavy (non-hydrogen) atoms. The SMILES string of the molecule is COC(=O)c1c(Nc2c(C)cccc2C)oc(/C(C)=C/c2ccccc2)c1C(=O)OC. The van der Waals surface area contributed by atoms with Crippen molar-refractivity contribution in [3.8, 4) is 0 Å². The summed E-state index contributed by atoms with van der Waals surface area (Å²) in [5.41, 5.74) is 4.31. The van der Waals surface area contributed by atoms with Crippen LogP contribution in [0.2, 0.25) is 0 Å². The van der Waals surface area contributed by atoms with Crippen molar-refractivity contribution in [2.75, 3.05) is 19.5 Å². The van der Waals surface area contributed by atoms with Gasteiger partial charge in [-0.3, -0.25) is 0 Å². The number of hydrogen-bond donors (Lipinski definition) is 1. The number of benzene rings is 2. The number of furan rings is 1. The number of para-hydroxylation sites is 1. The number of methoxy groups -OCH3 is 2. The molecule has 6 nitrogen and oxygen atoms in total. The number of ether oxygens (including phenoxy) is 2. The number of nitrogens with one attached hydrogen (secondary N) is 1. The van der Waals surface area contributed by atoms with Crippen molar-refractivity contribution in [2.45, 2.75) is 20.8 Å². The summed E-state index contributed by atoms with van der Waals surface area (Å²) in [6.07, 6.45) is 1.87. The molecule has 0 aliphatic heterocycles. The maximum atomic E-state index is 12.7. The van der Waals surface area contributed by atoms with Crippen molar-refractivity contribution in [2.24, 2.45) is 0 Å². The number of hydrogen-bond acceptors (Lipinski definition) is 6. The number of esters is 2. The van der Waals surface area contributed by atoms with E-state index in [-0.39, 0.29) is 22.8 Å². The molecule has 0 saturated carbocycles. The number of allylic oxidation sites excluding steroid dienone is 1. The number of rotatable bonds is 6. The minimum absolute atomic E-state index is 0.00665. The van der Waals surface area contributed by atoms with E-state index in [1.807, 2.05) is 75.4 Å². The number of carbonyl (C=O) groups excluding carboxylic acids is 2.